The molecule has 1 aliphatic rings. The van der Waals surface area contributed by atoms with Crippen LogP contribution in [0.25, 0.3) is 22.2 Å². The maximum absolute atomic E-state index is 5.75. The number of pyridine rings is 1. The third-order valence-corrected chi connectivity index (χ3v) is 6.29. The zero-order valence-corrected chi connectivity index (χ0v) is 21.0. The molecule has 0 bridgehead atoms. The number of para-hydroxylation sites is 1. The summed E-state index contributed by atoms with van der Waals surface area (Å²) in [5.74, 6) is 0.856. The quantitative estimate of drug-likeness (QED) is 0.399. The number of ether oxygens (including phenoxy) is 1. The molecule has 2 aromatic carbocycles. The highest BCUT2D eigenvalue weighted by atomic mass is 35.5. The molecule has 180 valence electrons. The molecular weight excluding hydrogens is 455 g/mol. The first-order valence-corrected chi connectivity index (χ1v) is 11.5. The molecule has 0 spiro atoms. The molecule has 0 amide bonds. The predicted molar refractivity (Wildman–Crippen MR) is 144 cm³/mol. The van der Waals surface area contributed by atoms with Gasteiger partial charge in [-0.3, -0.25) is 0 Å². The Bertz CT molecular complexity index is 984. The molecule has 5 nitrogen and oxygen atoms in total. The van der Waals surface area contributed by atoms with Gasteiger partial charge >= 0.3 is 0 Å². The fourth-order valence-electron chi connectivity index (χ4n) is 4.58. The fraction of sp³-hybridized carbons (Fsp3) is 0.423. The number of aromatic nitrogens is 1. The van der Waals surface area contributed by atoms with Crippen molar-refractivity contribution in [2.75, 3.05) is 38.6 Å². The maximum Gasteiger partial charge on any atom is 0.118 e. The van der Waals surface area contributed by atoms with E-state index in [0.29, 0.717) is 6.04 Å². The average Bonchev–Trinajstić information content (AvgIpc) is 2.83. The van der Waals surface area contributed by atoms with E-state index in [1.165, 1.54) is 31.2 Å². The number of likely N-dealkylation sites (tertiary alicyclic amines) is 1. The van der Waals surface area contributed by atoms with Crippen LogP contribution in [0.5, 0.6) is 5.75 Å². The van der Waals surface area contributed by atoms with Gasteiger partial charge in [0.05, 0.1) is 18.3 Å². The first-order valence-electron chi connectivity index (χ1n) is 11.5. The van der Waals surface area contributed by atoms with E-state index >= 15 is 0 Å². The average molecular weight is 492 g/mol. The molecule has 33 heavy (non-hydrogen) atoms. The first kappa shape index (κ1) is 27.2. The van der Waals surface area contributed by atoms with E-state index in [4.69, 9.17) is 15.5 Å². The van der Waals surface area contributed by atoms with Gasteiger partial charge in [0.1, 0.15) is 5.75 Å². The normalized spacial score (nSPS) is 16.0. The van der Waals surface area contributed by atoms with Crippen molar-refractivity contribution in [2.45, 2.75) is 38.1 Å². The third-order valence-electron chi connectivity index (χ3n) is 6.29. The molecule has 2 heterocycles. The van der Waals surface area contributed by atoms with Gasteiger partial charge in [-0.05, 0) is 81.7 Å². The van der Waals surface area contributed by atoms with Crippen molar-refractivity contribution in [1.82, 2.24) is 9.88 Å². The van der Waals surface area contributed by atoms with Crippen molar-refractivity contribution in [2.24, 2.45) is 5.73 Å². The van der Waals surface area contributed by atoms with Crippen molar-refractivity contribution in [1.29, 1.82) is 0 Å². The van der Waals surface area contributed by atoms with Crippen LogP contribution < -0.4 is 15.8 Å². The third kappa shape index (κ3) is 6.97. The number of fused-ring (bicyclic) bond motifs is 1. The molecule has 1 aliphatic heterocycles. The van der Waals surface area contributed by atoms with Gasteiger partial charge < -0.3 is 20.7 Å². The van der Waals surface area contributed by atoms with Crippen molar-refractivity contribution in [3.05, 3.63) is 54.6 Å². The summed E-state index contributed by atoms with van der Waals surface area (Å²) in [6.07, 6.45) is 6.18. The summed E-state index contributed by atoms with van der Waals surface area (Å²) in [6.45, 7) is 4.07. The second-order valence-electron chi connectivity index (χ2n) is 8.34. The lowest BCUT2D eigenvalue weighted by Crippen LogP contribution is -2.41. The Morgan fingerprint density at radius 1 is 1.09 bits per heavy atom. The molecule has 1 unspecified atom stereocenters. The maximum atomic E-state index is 5.75. The number of nitrogens with two attached hydrogens (primary N) is 1. The van der Waals surface area contributed by atoms with Crippen LogP contribution in [0.4, 0.5) is 5.69 Å². The standard InChI is InChI=1S/C26H34N4O.2ClH/c1-31-22-12-10-20(11-13-22)25-19-26(23-8-2-3-9-24(23)29-25)28-16-14-21-7-4-5-17-30(21)18-6-15-27;;/h2-3,8-13,19,21H,4-7,14-18,27H2,1H3,(H,28,29);2*1H. The summed E-state index contributed by atoms with van der Waals surface area (Å²) >= 11 is 0. The van der Waals surface area contributed by atoms with Crippen LogP contribution in [0.1, 0.15) is 32.1 Å². The largest absolute Gasteiger partial charge is 0.497 e. The van der Waals surface area contributed by atoms with Crippen LogP contribution in [0.15, 0.2) is 54.6 Å². The number of rotatable bonds is 9. The minimum atomic E-state index is 0. The Labute approximate surface area is 209 Å². The number of methoxy groups -OCH3 is 1. The van der Waals surface area contributed by atoms with Gasteiger partial charge in [-0.1, -0.05) is 24.6 Å². The lowest BCUT2D eigenvalue weighted by atomic mass is 9.99. The number of nitrogens with zero attached hydrogens (tertiary/aromatic N) is 2. The molecule has 7 heteroatoms. The Balaban J connectivity index is 0.00000193. The Morgan fingerprint density at radius 3 is 2.64 bits per heavy atom. The van der Waals surface area contributed by atoms with Gasteiger partial charge in [-0.2, -0.15) is 0 Å². The summed E-state index contributed by atoms with van der Waals surface area (Å²) in [5.41, 5.74) is 9.98. The van der Waals surface area contributed by atoms with E-state index in [9.17, 15) is 0 Å². The molecule has 0 aliphatic carbocycles. The number of hydrogen-bond acceptors (Lipinski definition) is 5. The van der Waals surface area contributed by atoms with E-state index in [1.54, 1.807) is 7.11 Å². The highest BCUT2D eigenvalue weighted by Crippen LogP contribution is 2.29. The highest BCUT2D eigenvalue weighted by molar-refractivity contribution is 5.93. The number of anilines is 1. The molecule has 0 radical (unpaired) electrons. The Kier molecular flexibility index (Phi) is 11.2. The molecule has 3 N–H and O–H groups in total. The molecule has 1 saturated heterocycles. The number of nitrogens with one attached hydrogen (secondary N) is 1. The molecule has 4 rings (SSSR count). The fourth-order valence-corrected chi connectivity index (χ4v) is 4.58. The van der Waals surface area contributed by atoms with Crippen molar-refractivity contribution < 1.29 is 4.74 Å². The van der Waals surface area contributed by atoms with E-state index in [2.05, 4.69) is 46.6 Å². The number of halogens is 2. The van der Waals surface area contributed by atoms with Crippen molar-refractivity contribution >= 4 is 41.4 Å². The number of benzene rings is 2. The van der Waals surface area contributed by atoms with Crippen LogP contribution in [-0.2, 0) is 0 Å². The Hall–Kier alpha value is -2.05. The van der Waals surface area contributed by atoms with Crippen molar-refractivity contribution in [3.8, 4) is 17.0 Å². The smallest absolute Gasteiger partial charge is 0.118 e. The highest BCUT2D eigenvalue weighted by Gasteiger charge is 2.21. The van der Waals surface area contributed by atoms with E-state index in [-0.39, 0.29) is 24.8 Å². The molecular formula is C26H36Cl2N4O. The lowest BCUT2D eigenvalue weighted by Gasteiger charge is -2.36. The summed E-state index contributed by atoms with van der Waals surface area (Å²) < 4.78 is 5.30. The zero-order valence-electron chi connectivity index (χ0n) is 19.3. The molecule has 0 saturated carbocycles. The number of piperidine rings is 1. The van der Waals surface area contributed by atoms with Crippen LogP contribution in [-0.4, -0.2) is 49.2 Å². The molecule has 3 aromatic rings. The Morgan fingerprint density at radius 2 is 1.88 bits per heavy atom. The van der Waals surface area contributed by atoms with Crippen LogP contribution in [0.3, 0.4) is 0 Å². The van der Waals surface area contributed by atoms with Crippen LogP contribution >= 0.6 is 24.8 Å². The van der Waals surface area contributed by atoms with Gasteiger partial charge in [0.25, 0.3) is 0 Å². The summed E-state index contributed by atoms with van der Waals surface area (Å²) in [6, 6.07) is 19.3. The van der Waals surface area contributed by atoms with Gasteiger partial charge in [-0.15, -0.1) is 24.8 Å². The van der Waals surface area contributed by atoms with E-state index in [0.717, 1.165) is 60.7 Å². The zero-order chi connectivity index (χ0) is 21.5. The van der Waals surface area contributed by atoms with E-state index in [1.807, 2.05) is 18.2 Å². The summed E-state index contributed by atoms with van der Waals surface area (Å²) in [4.78, 5) is 7.55. The molecule has 1 aromatic heterocycles. The van der Waals surface area contributed by atoms with Gasteiger partial charge in [0.2, 0.25) is 0 Å². The predicted octanol–water partition coefficient (Wildman–Crippen LogP) is 5.76. The minimum absolute atomic E-state index is 0. The topological polar surface area (TPSA) is 63.4 Å². The van der Waals surface area contributed by atoms with Crippen LogP contribution in [0.2, 0.25) is 0 Å². The lowest BCUT2D eigenvalue weighted by molar-refractivity contribution is 0.142. The van der Waals surface area contributed by atoms with E-state index < -0.39 is 0 Å². The molecule has 1 fully saturated rings. The molecule has 1 atom stereocenters. The van der Waals surface area contributed by atoms with Crippen molar-refractivity contribution in [3.63, 3.8) is 0 Å². The second kappa shape index (κ2) is 13.6. The first-order chi connectivity index (χ1) is 15.3. The second-order valence-corrected chi connectivity index (χ2v) is 8.34. The van der Waals surface area contributed by atoms with Gasteiger partial charge in [0.15, 0.2) is 0 Å². The van der Waals surface area contributed by atoms with Gasteiger partial charge in [0, 0.05) is 29.2 Å². The summed E-state index contributed by atoms with van der Waals surface area (Å²) in [7, 11) is 1.69. The van der Waals surface area contributed by atoms with Crippen LogP contribution in [0, 0.1) is 0 Å². The monoisotopic (exact) mass is 490 g/mol. The summed E-state index contributed by atoms with van der Waals surface area (Å²) in [5, 5.41) is 4.90. The number of hydrogen-bond donors (Lipinski definition) is 2. The minimum Gasteiger partial charge on any atom is -0.497 e. The van der Waals surface area contributed by atoms with Gasteiger partial charge in [-0.25, -0.2) is 4.98 Å². The SMILES string of the molecule is COc1ccc(-c2cc(NCCC3CCCCN3CCCN)c3ccccc3n2)cc1.Cl.Cl.